The van der Waals surface area contributed by atoms with Gasteiger partial charge in [-0.1, -0.05) is 30.8 Å². The Morgan fingerprint density at radius 3 is 2.70 bits per heavy atom. The highest BCUT2D eigenvalue weighted by atomic mass is 32.1. The fourth-order valence-electron chi connectivity index (χ4n) is 2.69. The smallest absolute Gasteiger partial charge is 0.234 e. The van der Waals surface area contributed by atoms with Crippen molar-refractivity contribution in [2.24, 2.45) is 16.3 Å². The van der Waals surface area contributed by atoms with Crippen molar-refractivity contribution in [3.05, 3.63) is 16.6 Å². The molecule has 4 N–H and O–H groups in total. The van der Waals surface area contributed by atoms with Crippen LogP contribution in [0.4, 0.5) is 0 Å². The second-order valence-electron chi connectivity index (χ2n) is 5.13. The Bertz CT molecular complexity index is 465. The highest BCUT2D eigenvalue weighted by Gasteiger charge is 2.42. The number of amides is 1. The van der Waals surface area contributed by atoms with Gasteiger partial charge in [-0.3, -0.25) is 9.78 Å². The number of nitrogens with zero attached hydrogens (tertiary/aromatic N) is 2. The molecule has 1 aromatic rings. The minimum atomic E-state index is -0.865. The van der Waals surface area contributed by atoms with Crippen LogP contribution in [0.3, 0.4) is 0 Å². The van der Waals surface area contributed by atoms with E-state index in [4.69, 9.17) is 10.9 Å². The van der Waals surface area contributed by atoms with Crippen LogP contribution < -0.4 is 11.1 Å². The van der Waals surface area contributed by atoms with Gasteiger partial charge in [0.05, 0.1) is 12.1 Å². The first-order chi connectivity index (χ1) is 9.69. The lowest BCUT2D eigenvalue weighted by Gasteiger charge is -2.29. The maximum absolute atomic E-state index is 12.6. The molecule has 20 heavy (non-hydrogen) atoms. The predicted molar refractivity (Wildman–Crippen MR) is 77.5 cm³/mol. The molecule has 0 aliphatic heterocycles. The summed E-state index contributed by atoms with van der Waals surface area (Å²) < 4.78 is 0. The van der Waals surface area contributed by atoms with Gasteiger partial charge in [-0.15, -0.1) is 11.3 Å². The first-order valence-corrected chi connectivity index (χ1v) is 7.71. The van der Waals surface area contributed by atoms with E-state index >= 15 is 0 Å². The molecule has 0 bridgehead atoms. The maximum atomic E-state index is 12.6. The minimum absolute atomic E-state index is 0.0289. The molecule has 1 aliphatic rings. The zero-order valence-electron chi connectivity index (χ0n) is 11.3. The normalized spacial score (nSPS) is 19.3. The van der Waals surface area contributed by atoms with Gasteiger partial charge in [0.15, 0.2) is 5.84 Å². The summed E-state index contributed by atoms with van der Waals surface area (Å²) in [5.41, 5.74) is 6.69. The number of nitrogens with two attached hydrogens (primary N) is 1. The predicted octanol–water partition coefficient (Wildman–Crippen LogP) is 1.85. The molecular formula is C13H20N4O2S. The number of aromatic nitrogens is 1. The van der Waals surface area contributed by atoms with Crippen molar-refractivity contribution in [3.8, 4) is 0 Å². The van der Waals surface area contributed by atoms with E-state index in [1.807, 2.05) is 0 Å². The second-order valence-corrected chi connectivity index (χ2v) is 6.10. The molecule has 0 radical (unpaired) electrons. The average molecular weight is 296 g/mol. The molecule has 0 aromatic carbocycles. The number of carbonyl (C=O) groups is 1. The molecule has 0 atom stereocenters. The summed E-state index contributed by atoms with van der Waals surface area (Å²) in [4.78, 5) is 17.5. The van der Waals surface area contributed by atoms with E-state index in [9.17, 15) is 4.79 Å². The van der Waals surface area contributed by atoms with Gasteiger partial charge < -0.3 is 16.3 Å². The first kappa shape index (κ1) is 14.8. The fourth-order valence-corrected chi connectivity index (χ4v) is 3.23. The number of hydrogen-bond acceptors (Lipinski definition) is 5. The SMILES string of the molecule is NC(=NO)C1(C(=O)NCc2cncs2)CCCCCC1. The van der Waals surface area contributed by atoms with Gasteiger partial charge in [-0.05, 0) is 12.8 Å². The Morgan fingerprint density at radius 1 is 1.45 bits per heavy atom. The summed E-state index contributed by atoms with van der Waals surface area (Å²) >= 11 is 1.49. The molecular weight excluding hydrogens is 276 g/mol. The molecule has 7 heteroatoms. The molecule has 110 valence electrons. The van der Waals surface area contributed by atoms with Crippen LogP contribution in [0.2, 0.25) is 0 Å². The molecule has 1 saturated carbocycles. The van der Waals surface area contributed by atoms with Gasteiger partial charge in [0.2, 0.25) is 5.91 Å². The van der Waals surface area contributed by atoms with Gasteiger partial charge >= 0.3 is 0 Å². The number of amidine groups is 1. The van der Waals surface area contributed by atoms with Crippen LogP contribution in [0.25, 0.3) is 0 Å². The fraction of sp³-hybridized carbons (Fsp3) is 0.615. The van der Waals surface area contributed by atoms with Gasteiger partial charge in [-0.2, -0.15) is 0 Å². The lowest BCUT2D eigenvalue weighted by molar-refractivity contribution is -0.128. The Hall–Kier alpha value is -1.63. The number of nitrogens with one attached hydrogen (secondary N) is 1. The van der Waals surface area contributed by atoms with E-state index in [-0.39, 0.29) is 11.7 Å². The van der Waals surface area contributed by atoms with Crippen molar-refractivity contribution in [1.29, 1.82) is 0 Å². The quantitative estimate of drug-likeness (QED) is 0.259. The van der Waals surface area contributed by atoms with Crippen LogP contribution >= 0.6 is 11.3 Å². The summed E-state index contributed by atoms with van der Waals surface area (Å²) in [6.45, 7) is 0.434. The summed E-state index contributed by atoms with van der Waals surface area (Å²) in [6.07, 6.45) is 7.02. The molecule has 1 amide bonds. The van der Waals surface area contributed by atoms with E-state index < -0.39 is 5.41 Å². The van der Waals surface area contributed by atoms with E-state index in [0.29, 0.717) is 19.4 Å². The van der Waals surface area contributed by atoms with Crippen molar-refractivity contribution in [2.75, 3.05) is 0 Å². The number of carbonyl (C=O) groups excluding carboxylic acids is 1. The third kappa shape index (κ3) is 3.09. The molecule has 0 saturated heterocycles. The Kier molecular flexibility index (Phi) is 4.94. The van der Waals surface area contributed by atoms with E-state index in [1.54, 1.807) is 11.7 Å². The molecule has 0 spiro atoms. The number of oxime groups is 1. The molecule has 1 fully saturated rings. The lowest BCUT2D eigenvalue weighted by atomic mass is 9.78. The zero-order valence-corrected chi connectivity index (χ0v) is 12.2. The summed E-state index contributed by atoms with van der Waals surface area (Å²) in [7, 11) is 0. The third-order valence-electron chi connectivity index (χ3n) is 3.90. The zero-order chi connectivity index (χ0) is 14.4. The maximum Gasteiger partial charge on any atom is 0.234 e. The number of rotatable bonds is 4. The molecule has 0 unspecified atom stereocenters. The minimum Gasteiger partial charge on any atom is -0.409 e. The Labute approximate surface area is 122 Å². The van der Waals surface area contributed by atoms with Gasteiger partial charge in [0.1, 0.15) is 5.41 Å². The van der Waals surface area contributed by atoms with Gasteiger partial charge in [-0.25, -0.2) is 0 Å². The molecule has 6 nitrogen and oxygen atoms in total. The van der Waals surface area contributed by atoms with E-state index in [1.165, 1.54) is 11.3 Å². The van der Waals surface area contributed by atoms with Crippen molar-refractivity contribution < 1.29 is 10.0 Å². The van der Waals surface area contributed by atoms with Crippen LogP contribution in [0.15, 0.2) is 16.9 Å². The number of thiazole rings is 1. The van der Waals surface area contributed by atoms with E-state index in [2.05, 4.69) is 15.5 Å². The van der Waals surface area contributed by atoms with E-state index in [0.717, 1.165) is 30.6 Å². The van der Waals surface area contributed by atoms with Crippen LogP contribution in [0.1, 0.15) is 43.4 Å². The third-order valence-corrected chi connectivity index (χ3v) is 4.68. The lowest BCUT2D eigenvalue weighted by Crippen LogP contribution is -2.49. The first-order valence-electron chi connectivity index (χ1n) is 6.83. The summed E-state index contributed by atoms with van der Waals surface area (Å²) in [5.74, 6) is -0.121. The largest absolute Gasteiger partial charge is 0.409 e. The van der Waals surface area contributed by atoms with Crippen LogP contribution in [-0.4, -0.2) is 21.9 Å². The Morgan fingerprint density at radius 2 is 2.15 bits per heavy atom. The number of hydrogen-bond donors (Lipinski definition) is 3. The average Bonchev–Trinajstić information content (AvgIpc) is 2.86. The highest BCUT2D eigenvalue weighted by Crippen LogP contribution is 2.35. The van der Waals surface area contributed by atoms with Crippen LogP contribution in [0, 0.1) is 5.41 Å². The van der Waals surface area contributed by atoms with Crippen molar-refractivity contribution in [1.82, 2.24) is 10.3 Å². The molecule has 1 aliphatic carbocycles. The molecule has 1 heterocycles. The van der Waals surface area contributed by atoms with Crippen molar-refractivity contribution >= 4 is 23.1 Å². The second kappa shape index (κ2) is 6.69. The summed E-state index contributed by atoms with van der Waals surface area (Å²) in [6, 6.07) is 0. The van der Waals surface area contributed by atoms with Gasteiger partial charge in [0.25, 0.3) is 0 Å². The highest BCUT2D eigenvalue weighted by molar-refractivity contribution is 7.09. The summed E-state index contributed by atoms with van der Waals surface area (Å²) in [5, 5.41) is 15.0. The van der Waals surface area contributed by atoms with Gasteiger partial charge in [0, 0.05) is 11.1 Å². The Balaban J connectivity index is 2.11. The molecule has 2 rings (SSSR count). The van der Waals surface area contributed by atoms with Crippen molar-refractivity contribution in [3.63, 3.8) is 0 Å². The van der Waals surface area contributed by atoms with Crippen LogP contribution in [-0.2, 0) is 11.3 Å². The topological polar surface area (TPSA) is 101 Å². The van der Waals surface area contributed by atoms with Crippen molar-refractivity contribution in [2.45, 2.75) is 45.1 Å². The van der Waals surface area contributed by atoms with Crippen LogP contribution in [0.5, 0.6) is 0 Å². The molecule has 1 aromatic heterocycles. The standard InChI is InChI=1S/C13H20N4O2S/c14-11(17-19)13(5-3-1-2-4-6-13)12(18)16-8-10-7-15-9-20-10/h7,9,19H,1-6,8H2,(H2,14,17)(H,16,18). The monoisotopic (exact) mass is 296 g/mol.